The number of amides is 1. The summed E-state index contributed by atoms with van der Waals surface area (Å²) in [6, 6.07) is 25.7. The Balaban J connectivity index is 1.52. The van der Waals surface area contributed by atoms with Crippen LogP contribution in [0, 0.1) is 0 Å². The first kappa shape index (κ1) is 35.1. The van der Waals surface area contributed by atoms with Gasteiger partial charge in [0.25, 0.3) is 5.91 Å². The number of esters is 2. The molecule has 2 unspecified atom stereocenters. The predicted octanol–water partition coefficient (Wildman–Crippen LogP) is 5.30. The molecule has 12 heteroatoms. The van der Waals surface area contributed by atoms with Crippen molar-refractivity contribution in [1.29, 1.82) is 0 Å². The molecule has 0 saturated carbocycles. The normalized spacial score (nSPS) is 20.4. The standard InChI is InChI=1S/C37H39FN4O7/c1-24(2)42(25(3)4)23-37(38)31(49-34(45)28-18-12-7-13-19-28)29(22-47-33(44)27-16-10-6-11-17-27)48-35(37)41-21-20-30(40-36(41)46)39-32(43)26-14-8-5-9-15-26/h5-21,24-25,29,31,35H,22-23H2,1-4H3,(H,39,40,43,46)/t29-,31?,35-,37?/m1/s1. The minimum Gasteiger partial charge on any atom is -0.459 e. The molecule has 4 atom stereocenters. The number of anilines is 1. The molecule has 1 amide bonds. The van der Waals surface area contributed by atoms with Gasteiger partial charge in [-0.25, -0.2) is 18.8 Å². The second-order valence-electron chi connectivity index (χ2n) is 12.3. The summed E-state index contributed by atoms with van der Waals surface area (Å²) < 4.78 is 36.8. The third-order valence-electron chi connectivity index (χ3n) is 8.27. The molecule has 1 saturated heterocycles. The molecule has 0 radical (unpaired) electrons. The fourth-order valence-corrected chi connectivity index (χ4v) is 5.82. The van der Waals surface area contributed by atoms with E-state index in [4.69, 9.17) is 14.2 Å². The van der Waals surface area contributed by atoms with Crippen LogP contribution in [0.3, 0.4) is 0 Å². The molecule has 1 N–H and O–H groups in total. The highest BCUT2D eigenvalue weighted by Crippen LogP contribution is 2.44. The van der Waals surface area contributed by atoms with Crippen molar-refractivity contribution in [1.82, 2.24) is 14.5 Å². The lowest BCUT2D eigenvalue weighted by atomic mass is 9.93. The van der Waals surface area contributed by atoms with Gasteiger partial charge in [0.05, 0.1) is 11.1 Å². The number of hydrogen-bond acceptors (Lipinski definition) is 9. The Kier molecular flexibility index (Phi) is 11.0. The Morgan fingerprint density at radius 3 is 1.92 bits per heavy atom. The molecule has 2 heterocycles. The van der Waals surface area contributed by atoms with Gasteiger partial charge in [0.15, 0.2) is 12.3 Å². The zero-order valence-corrected chi connectivity index (χ0v) is 27.7. The Labute approximate surface area is 283 Å². The molecule has 5 rings (SSSR count). The summed E-state index contributed by atoms with van der Waals surface area (Å²) in [5.74, 6) is -2.04. The van der Waals surface area contributed by atoms with E-state index < -0.39 is 54.2 Å². The Morgan fingerprint density at radius 1 is 0.857 bits per heavy atom. The summed E-state index contributed by atoms with van der Waals surface area (Å²) in [5, 5.41) is 2.58. The maximum Gasteiger partial charge on any atom is 0.351 e. The topological polar surface area (TPSA) is 129 Å². The van der Waals surface area contributed by atoms with E-state index in [1.807, 2.05) is 32.6 Å². The number of nitrogens with zero attached hydrogens (tertiary/aromatic N) is 3. The van der Waals surface area contributed by atoms with Crippen LogP contribution >= 0.6 is 0 Å². The first-order chi connectivity index (χ1) is 23.5. The fourth-order valence-electron chi connectivity index (χ4n) is 5.82. The Morgan fingerprint density at radius 2 is 1.39 bits per heavy atom. The van der Waals surface area contributed by atoms with E-state index in [1.165, 1.54) is 24.4 Å². The maximum atomic E-state index is 18.1. The van der Waals surface area contributed by atoms with Gasteiger partial charge < -0.3 is 19.5 Å². The molecule has 3 aromatic carbocycles. The predicted molar refractivity (Wildman–Crippen MR) is 180 cm³/mol. The quantitative estimate of drug-likeness (QED) is 0.200. The van der Waals surface area contributed by atoms with Crippen molar-refractivity contribution < 1.29 is 33.0 Å². The molecule has 1 aromatic heterocycles. The Bertz CT molecular complexity index is 1800. The number of carbonyl (C=O) groups excluding carboxylic acids is 3. The second-order valence-corrected chi connectivity index (χ2v) is 12.3. The van der Waals surface area contributed by atoms with E-state index in [0.29, 0.717) is 5.56 Å². The number of benzene rings is 3. The molecular weight excluding hydrogens is 631 g/mol. The SMILES string of the molecule is CC(C)N(CC1(F)C(OC(=O)c2ccccc2)[C@@H](COC(=O)c2ccccc2)O[C@H]1n1ccc(NC(=O)c2ccccc2)nc1=O)C(C)C. The van der Waals surface area contributed by atoms with Crippen molar-refractivity contribution in [2.24, 2.45) is 0 Å². The van der Waals surface area contributed by atoms with Crippen LogP contribution in [0.15, 0.2) is 108 Å². The van der Waals surface area contributed by atoms with E-state index >= 15 is 4.39 Å². The summed E-state index contributed by atoms with van der Waals surface area (Å²) >= 11 is 0. The molecule has 0 bridgehead atoms. The molecule has 0 spiro atoms. The lowest BCUT2D eigenvalue weighted by molar-refractivity contribution is -0.0849. The van der Waals surface area contributed by atoms with Gasteiger partial charge in [-0.3, -0.25) is 14.3 Å². The molecular formula is C37H39FN4O7. The lowest BCUT2D eigenvalue weighted by Gasteiger charge is -2.39. The van der Waals surface area contributed by atoms with Gasteiger partial charge in [-0.1, -0.05) is 54.6 Å². The number of aromatic nitrogens is 2. The maximum absolute atomic E-state index is 18.1. The largest absolute Gasteiger partial charge is 0.459 e. The van der Waals surface area contributed by atoms with Crippen LogP contribution in [0.5, 0.6) is 0 Å². The van der Waals surface area contributed by atoms with E-state index in [0.717, 1.165) is 4.57 Å². The molecule has 4 aromatic rings. The number of hydrogen-bond donors (Lipinski definition) is 1. The molecule has 1 aliphatic rings. The molecule has 256 valence electrons. The van der Waals surface area contributed by atoms with E-state index in [1.54, 1.807) is 78.9 Å². The first-order valence-corrected chi connectivity index (χ1v) is 16.0. The highest BCUT2D eigenvalue weighted by Gasteiger charge is 2.62. The number of halogens is 1. The molecule has 11 nitrogen and oxygen atoms in total. The van der Waals surface area contributed by atoms with Crippen LogP contribution in [-0.4, -0.2) is 75.4 Å². The number of ether oxygens (including phenoxy) is 3. The molecule has 1 aliphatic heterocycles. The van der Waals surface area contributed by atoms with Crippen LogP contribution in [0.1, 0.15) is 65.0 Å². The average molecular weight is 671 g/mol. The molecule has 0 aliphatic carbocycles. The third-order valence-corrected chi connectivity index (χ3v) is 8.27. The summed E-state index contributed by atoms with van der Waals surface area (Å²) in [6.07, 6.45) is -3.35. The van der Waals surface area contributed by atoms with Gasteiger partial charge in [0.1, 0.15) is 18.5 Å². The highest BCUT2D eigenvalue weighted by atomic mass is 19.1. The van der Waals surface area contributed by atoms with Gasteiger partial charge >= 0.3 is 17.6 Å². The minimum atomic E-state index is -2.55. The van der Waals surface area contributed by atoms with Gasteiger partial charge in [0.2, 0.25) is 5.67 Å². The van der Waals surface area contributed by atoms with Crippen molar-refractivity contribution in [3.8, 4) is 0 Å². The minimum absolute atomic E-state index is 0.0519. The van der Waals surface area contributed by atoms with Gasteiger partial charge in [-0.15, -0.1) is 0 Å². The van der Waals surface area contributed by atoms with Gasteiger partial charge in [-0.2, -0.15) is 4.98 Å². The van der Waals surface area contributed by atoms with Crippen LogP contribution < -0.4 is 11.0 Å². The van der Waals surface area contributed by atoms with E-state index in [9.17, 15) is 19.2 Å². The monoisotopic (exact) mass is 670 g/mol. The zero-order valence-electron chi connectivity index (χ0n) is 27.7. The summed E-state index contributed by atoms with van der Waals surface area (Å²) in [5.41, 5.74) is -2.68. The van der Waals surface area contributed by atoms with Crippen LogP contribution in [-0.2, 0) is 14.2 Å². The fraction of sp³-hybridized carbons (Fsp3) is 0.324. The number of carbonyl (C=O) groups is 3. The van der Waals surface area contributed by atoms with Crippen molar-refractivity contribution in [3.05, 3.63) is 130 Å². The van der Waals surface area contributed by atoms with Crippen LogP contribution in [0.25, 0.3) is 0 Å². The van der Waals surface area contributed by atoms with Crippen molar-refractivity contribution >= 4 is 23.7 Å². The van der Waals surface area contributed by atoms with E-state index in [2.05, 4.69) is 10.3 Å². The Hall–Kier alpha value is -5.20. The average Bonchev–Trinajstić information content (AvgIpc) is 3.37. The summed E-state index contributed by atoms with van der Waals surface area (Å²) in [4.78, 5) is 58.5. The van der Waals surface area contributed by atoms with Crippen LogP contribution in [0.4, 0.5) is 10.2 Å². The van der Waals surface area contributed by atoms with Gasteiger partial charge in [-0.05, 0) is 70.2 Å². The van der Waals surface area contributed by atoms with Gasteiger partial charge in [0, 0.05) is 30.4 Å². The summed E-state index contributed by atoms with van der Waals surface area (Å²) in [7, 11) is 0. The first-order valence-electron chi connectivity index (χ1n) is 16.0. The van der Waals surface area contributed by atoms with Crippen molar-refractivity contribution in [2.75, 3.05) is 18.5 Å². The van der Waals surface area contributed by atoms with Crippen LogP contribution in [0.2, 0.25) is 0 Å². The smallest absolute Gasteiger partial charge is 0.351 e. The second kappa shape index (κ2) is 15.3. The van der Waals surface area contributed by atoms with Crippen molar-refractivity contribution in [3.63, 3.8) is 0 Å². The zero-order chi connectivity index (χ0) is 35.1. The van der Waals surface area contributed by atoms with E-state index in [-0.39, 0.29) is 35.6 Å². The molecule has 49 heavy (non-hydrogen) atoms. The molecule has 1 fully saturated rings. The third kappa shape index (κ3) is 8.10. The summed E-state index contributed by atoms with van der Waals surface area (Å²) in [6.45, 7) is 6.79. The number of nitrogens with one attached hydrogen (secondary N) is 1. The number of alkyl halides is 1. The lowest BCUT2D eigenvalue weighted by Crippen LogP contribution is -2.56. The van der Waals surface area contributed by atoms with Crippen molar-refractivity contribution in [2.45, 2.75) is 63.9 Å². The highest BCUT2D eigenvalue weighted by molar-refractivity contribution is 6.03. The number of rotatable bonds is 12.